The summed E-state index contributed by atoms with van der Waals surface area (Å²) in [4.78, 5) is 25.8. The van der Waals surface area contributed by atoms with Crippen LogP contribution in [0.5, 0.6) is 0 Å². The van der Waals surface area contributed by atoms with Crippen LogP contribution in [0.4, 0.5) is 5.69 Å². The SMILES string of the molecule is C[C@@H](C(=O)Nc1ccc(C(N)=O)cc1)N1CCc2ccccc2C1. The van der Waals surface area contributed by atoms with E-state index in [1.807, 2.05) is 13.0 Å². The Morgan fingerprint density at radius 3 is 2.42 bits per heavy atom. The van der Waals surface area contributed by atoms with E-state index in [9.17, 15) is 9.59 Å². The number of anilines is 1. The Hall–Kier alpha value is -2.66. The number of nitrogens with zero attached hydrogens (tertiary/aromatic N) is 1. The molecule has 0 radical (unpaired) electrons. The molecule has 2 amide bonds. The highest BCUT2D eigenvalue weighted by molar-refractivity contribution is 5.96. The normalized spacial score (nSPS) is 15.4. The first-order valence-corrected chi connectivity index (χ1v) is 8.06. The van der Waals surface area contributed by atoms with Crippen LogP contribution < -0.4 is 11.1 Å². The Morgan fingerprint density at radius 2 is 1.75 bits per heavy atom. The molecule has 0 aliphatic carbocycles. The van der Waals surface area contributed by atoms with Gasteiger partial charge in [0.05, 0.1) is 6.04 Å². The lowest BCUT2D eigenvalue weighted by molar-refractivity contribution is -0.121. The highest BCUT2D eigenvalue weighted by Crippen LogP contribution is 2.21. The Labute approximate surface area is 141 Å². The van der Waals surface area contributed by atoms with Crippen molar-refractivity contribution in [2.45, 2.75) is 25.9 Å². The zero-order chi connectivity index (χ0) is 17.1. The third kappa shape index (κ3) is 3.46. The zero-order valence-electron chi connectivity index (χ0n) is 13.7. The van der Waals surface area contributed by atoms with E-state index in [4.69, 9.17) is 5.73 Å². The molecule has 0 aromatic heterocycles. The Bertz CT molecular complexity index is 755. The number of fused-ring (bicyclic) bond motifs is 1. The van der Waals surface area contributed by atoms with Gasteiger partial charge in [-0.25, -0.2) is 0 Å². The van der Waals surface area contributed by atoms with Gasteiger partial charge in [0.15, 0.2) is 0 Å². The summed E-state index contributed by atoms with van der Waals surface area (Å²) in [6.45, 7) is 3.57. The van der Waals surface area contributed by atoms with Gasteiger partial charge in [0, 0.05) is 24.3 Å². The molecule has 3 rings (SSSR count). The molecule has 1 aliphatic heterocycles. The molecule has 124 valence electrons. The molecule has 1 aliphatic rings. The first-order valence-electron chi connectivity index (χ1n) is 8.06. The minimum absolute atomic E-state index is 0.0544. The van der Waals surface area contributed by atoms with E-state index in [-0.39, 0.29) is 11.9 Å². The van der Waals surface area contributed by atoms with Gasteiger partial charge in [-0.15, -0.1) is 0 Å². The highest BCUT2D eigenvalue weighted by Gasteiger charge is 2.25. The molecule has 0 fully saturated rings. The maximum atomic E-state index is 12.5. The summed E-state index contributed by atoms with van der Waals surface area (Å²) in [5, 5.41) is 2.90. The molecule has 0 unspecified atom stereocenters. The summed E-state index contributed by atoms with van der Waals surface area (Å²) in [6, 6.07) is 14.7. The standard InChI is InChI=1S/C19H21N3O2/c1-13(22-11-10-14-4-2-3-5-16(14)12-22)19(24)21-17-8-6-15(7-9-17)18(20)23/h2-9,13H,10-12H2,1H3,(H2,20,23)(H,21,24)/t13-/m0/s1. The lowest BCUT2D eigenvalue weighted by Crippen LogP contribution is -2.44. The molecule has 0 saturated heterocycles. The van der Waals surface area contributed by atoms with Gasteiger partial charge >= 0.3 is 0 Å². The van der Waals surface area contributed by atoms with Crippen LogP contribution in [0.1, 0.15) is 28.4 Å². The van der Waals surface area contributed by atoms with E-state index in [1.54, 1.807) is 24.3 Å². The average Bonchev–Trinajstić information content (AvgIpc) is 2.61. The largest absolute Gasteiger partial charge is 0.366 e. The van der Waals surface area contributed by atoms with Crippen molar-refractivity contribution in [3.63, 3.8) is 0 Å². The third-order valence-electron chi connectivity index (χ3n) is 4.52. The fraction of sp³-hybridized carbons (Fsp3) is 0.263. The topological polar surface area (TPSA) is 75.4 Å². The highest BCUT2D eigenvalue weighted by atomic mass is 16.2. The van der Waals surface area contributed by atoms with Gasteiger partial charge < -0.3 is 11.1 Å². The van der Waals surface area contributed by atoms with Crippen LogP contribution in [-0.4, -0.2) is 29.3 Å². The molecule has 5 nitrogen and oxygen atoms in total. The molecule has 2 aromatic rings. The van der Waals surface area contributed by atoms with Crippen molar-refractivity contribution in [1.29, 1.82) is 0 Å². The summed E-state index contributed by atoms with van der Waals surface area (Å²) in [7, 11) is 0. The number of hydrogen-bond acceptors (Lipinski definition) is 3. The quantitative estimate of drug-likeness (QED) is 0.905. The van der Waals surface area contributed by atoms with Crippen molar-refractivity contribution in [3.8, 4) is 0 Å². The third-order valence-corrected chi connectivity index (χ3v) is 4.52. The van der Waals surface area contributed by atoms with E-state index < -0.39 is 5.91 Å². The molecule has 2 aromatic carbocycles. The van der Waals surface area contributed by atoms with Crippen molar-refractivity contribution in [1.82, 2.24) is 4.90 Å². The molecular formula is C19H21N3O2. The van der Waals surface area contributed by atoms with E-state index >= 15 is 0 Å². The van der Waals surface area contributed by atoms with Gasteiger partial charge in [0.2, 0.25) is 11.8 Å². The number of rotatable bonds is 4. The van der Waals surface area contributed by atoms with Crippen molar-refractivity contribution in [3.05, 3.63) is 65.2 Å². The van der Waals surface area contributed by atoms with Gasteiger partial charge in [-0.1, -0.05) is 24.3 Å². The minimum atomic E-state index is -0.478. The predicted octanol–water partition coefficient (Wildman–Crippen LogP) is 2.17. The van der Waals surface area contributed by atoms with Gasteiger partial charge in [-0.05, 0) is 48.7 Å². The summed E-state index contributed by atoms with van der Waals surface area (Å²) in [5.74, 6) is -0.533. The van der Waals surface area contributed by atoms with Crippen LogP contribution in [0.2, 0.25) is 0 Å². The van der Waals surface area contributed by atoms with Crippen LogP contribution in [0.15, 0.2) is 48.5 Å². The number of carbonyl (C=O) groups is 2. The summed E-state index contributed by atoms with van der Waals surface area (Å²) in [6.07, 6.45) is 0.959. The van der Waals surface area contributed by atoms with Crippen LogP contribution in [0, 0.1) is 0 Å². The summed E-state index contributed by atoms with van der Waals surface area (Å²) < 4.78 is 0. The smallest absolute Gasteiger partial charge is 0.248 e. The molecule has 0 bridgehead atoms. The molecule has 24 heavy (non-hydrogen) atoms. The lowest BCUT2D eigenvalue weighted by Gasteiger charge is -2.32. The second-order valence-electron chi connectivity index (χ2n) is 6.10. The first-order chi connectivity index (χ1) is 11.5. The minimum Gasteiger partial charge on any atom is -0.366 e. The molecule has 1 heterocycles. The van der Waals surface area contributed by atoms with Gasteiger partial charge in [0.25, 0.3) is 0 Å². The van der Waals surface area contributed by atoms with Crippen molar-refractivity contribution in [2.75, 3.05) is 11.9 Å². The van der Waals surface area contributed by atoms with E-state index in [0.29, 0.717) is 11.3 Å². The van der Waals surface area contributed by atoms with Crippen molar-refractivity contribution in [2.24, 2.45) is 5.73 Å². The number of nitrogens with two attached hydrogens (primary N) is 1. The Kier molecular flexibility index (Phi) is 4.62. The van der Waals surface area contributed by atoms with E-state index in [2.05, 4.69) is 28.4 Å². The van der Waals surface area contributed by atoms with E-state index in [0.717, 1.165) is 19.5 Å². The van der Waals surface area contributed by atoms with Crippen LogP contribution >= 0.6 is 0 Å². The zero-order valence-corrected chi connectivity index (χ0v) is 13.7. The predicted molar refractivity (Wildman–Crippen MR) is 93.6 cm³/mol. The Morgan fingerprint density at radius 1 is 1.08 bits per heavy atom. The van der Waals surface area contributed by atoms with Crippen molar-refractivity contribution >= 4 is 17.5 Å². The maximum absolute atomic E-state index is 12.5. The fourth-order valence-electron chi connectivity index (χ4n) is 2.98. The van der Waals surface area contributed by atoms with Gasteiger partial charge in [-0.3, -0.25) is 14.5 Å². The summed E-state index contributed by atoms with van der Waals surface area (Å²) in [5.41, 5.74) is 8.95. The monoisotopic (exact) mass is 323 g/mol. The molecule has 3 N–H and O–H groups in total. The number of amides is 2. The number of hydrogen-bond donors (Lipinski definition) is 2. The van der Waals surface area contributed by atoms with Crippen LogP contribution in [0.25, 0.3) is 0 Å². The molecule has 0 saturated carbocycles. The summed E-state index contributed by atoms with van der Waals surface area (Å²) >= 11 is 0. The van der Waals surface area contributed by atoms with Gasteiger partial charge in [-0.2, -0.15) is 0 Å². The second-order valence-corrected chi connectivity index (χ2v) is 6.10. The molecular weight excluding hydrogens is 302 g/mol. The second kappa shape index (κ2) is 6.84. The van der Waals surface area contributed by atoms with Crippen LogP contribution in [0.3, 0.4) is 0 Å². The first kappa shape index (κ1) is 16.2. The Balaban J connectivity index is 1.64. The fourth-order valence-corrected chi connectivity index (χ4v) is 2.98. The lowest BCUT2D eigenvalue weighted by atomic mass is 9.99. The van der Waals surface area contributed by atoms with E-state index in [1.165, 1.54) is 11.1 Å². The average molecular weight is 323 g/mol. The number of benzene rings is 2. The van der Waals surface area contributed by atoms with Crippen LogP contribution in [-0.2, 0) is 17.8 Å². The van der Waals surface area contributed by atoms with Gasteiger partial charge in [0.1, 0.15) is 0 Å². The molecule has 5 heteroatoms. The number of nitrogens with one attached hydrogen (secondary N) is 1. The van der Waals surface area contributed by atoms with Crippen molar-refractivity contribution < 1.29 is 9.59 Å². The molecule has 1 atom stereocenters. The maximum Gasteiger partial charge on any atom is 0.248 e. The number of carbonyl (C=O) groups excluding carboxylic acids is 2. The number of primary amides is 1. The molecule has 0 spiro atoms.